The molecule has 1 aromatic rings. The Kier molecular flexibility index (Phi) is 4.66. The van der Waals surface area contributed by atoms with Crippen molar-refractivity contribution >= 4 is 6.09 Å². The normalized spacial score (nSPS) is 33.9. The van der Waals surface area contributed by atoms with Crippen LogP contribution in [0.2, 0.25) is 0 Å². The monoisotopic (exact) mass is 377 g/mol. The zero-order valence-electron chi connectivity index (χ0n) is 16.2. The van der Waals surface area contributed by atoms with E-state index in [4.69, 9.17) is 23.7 Å². The third-order valence-corrected chi connectivity index (χ3v) is 5.15. The second-order valence-corrected chi connectivity index (χ2v) is 8.19. The third-order valence-electron chi connectivity index (χ3n) is 5.15. The Hall–Kier alpha value is -1.67. The van der Waals surface area contributed by atoms with E-state index >= 15 is 0 Å². The van der Waals surface area contributed by atoms with E-state index in [9.17, 15) is 4.79 Å². The molecule has 1 aromatic carbocycles. The minimum atomic E-state index is -0.683. The predicted molar refractivity (Wildman–Crippen MR) is 95.9 cm³/mol. The van der Waals surface area contributed by atoms with Crippen LogP contribution < -0.4 is 0 Å². The van der Waals surface area contributed by atoms with Gasteiger partial charge in [-0.1, -0.05) is 30.3 Å². The molecule has 4 atom stereocenters. The lowest BCUT2D eigenvalue weighted by molar-refractivity contribution is -0.175. The molecule has 0 saturated carbocycles. The van der Waals surface area contributed by atoms with Crippen LogP contribution in [0, 0.1) is 0 Å². The standard InChI is InChI=1S/C20H27NO6/c1-19(2)24-12-15(26-19)16-17-14(25-20(3,4)27-17)10-21(16)18(22)23-11-13-8-6-5-7-9-13/h5-9,14-17H,10-12H2,1-4H3/t14-,15-,16-,17-/m1/s1. The Morgan fingerprint density at radius 1 is 1.07 bits per heavy atom. The maximum Gasteiger partial charge on any atom is 0.410 e. The SMILES string of the molecule is CC1(C)O[C@H]2[C@@H]([C@H]3COC(C)(C)O3)N(C(=O)OCc3ccccc3)C[C@H]2O1. The third kappa shape index (κ3) is 3.82. The largest absolute Gasteiger partial charge is 0.445 e. The minimum absolute atomic E-state index is 0.207. The zero-order chi connectivity index (χ0) is 19.2. The van der Waals surface area contributed by atoms with E-state index in [0.29, 0.717) is 13.2 Å². The molecule has 0 aromatic heterocycles. The van der Waals surface area contributed by atoms with Gasteiger partial charge in [0, 0.05) is 0 Å². The first kappa shape index (κ1) is 18.7. The van der Waals surface area contributed by atoms with Crippen LogP contribution in [0.4, 0.5) is 4.79 Å². The molecule has 1 amide bonds. The van der Waals surface area contributed by atoms with E-state index in [1.807, 2.05) is 58.0 Å². The smallest absolute Gasteiger partial charge is 0.410 e. The summed E-state index contributed by atoms with van der Waals surface area (Å²) in [4.78, 5) is 14.5. The van der Waals surface area contributed by atoms with Crippen LogP contribution in [0.25, 0.3) is 0 Å². The first-order valence-electron chi connectivity index (χ1n) is 9.39. The van der Waals surface area contributed by atoms with Crippen LogP contribution in [0.1, 0.15) is 33.3 Å². The van der Waals surface area contributed by atoms with Gasteiger partial charge in [0.15, 0.2) is 11.6 Å². The summed E-state index contributed by atoms with van der Waals surface area (Å²) in [6.07, 6.45) is -1.17. The number of carbonyl (C=O) groups is 1. The van der Waals surface area contributed by atoms with Crippen molar-refractivity contribution in [1.82, 2.24) is 4.90 Å². The van der Waals surface area contributed by atoms with Gasteiger partial charge in [0.1, 0.15) is 24.9 Å². The van der Waals surface area contributed by atoms with Gasteiger partial charge in [-0.05, 0) is 33.3 Å². The van der Waals surface area contributed by atoms with Crippen molar-refractivity contribution in [3.05, 3.63) is 35.9 Å². The summed E-state index contributed by atoms with van der Waals surface area (Å²) in [6.45, 7) is 8.53. The molecule has 0 N–H and O–H groups in total. The van der Waals surface area contributed by atoms with E-state index in [0.717, 1.165) is 5.56 Å². The number of nitrogens with zero attached hydrogens (tertiary/aromatic N) is 1. The van der Waals surface area contributed by atoms with Crippen LogP contribution in [-0.4, -0.2) is 60.1 Å². The van der Waals surface area contributed by atoms with E-state index in [1.54, 1.807) is 4.90 Å². The highest BCUT2D eigenvalue weighted by Crippen LogP contribution is 2.41. The van der Waals surface area contributed by atoms with Crippen molar-refractivity contribution in [2.75, 3.05) is 13.2 Å². The van der Waals surface area contributed by atoms with Crippen molar-refractivity contribution < 1.29 is 28.5 Å². The molecule has 3 aliphatic rings. The Morgan fingerprint density at radius 3 is 2.44 bits per heavy atom. The summed E-state index contributed by atoms with van der Waals surface area (Å²) in [6, 6.07) is 9.30. The second kappa shape index (κ2) is 6.74. The Balaban J connectivity index is 1.49. The van der Waals surface area contributed by atoms with E-state index < -0.39 is 17.7 Å². The van der Waals surface area contributed by atoms with E-state index in [-0.39, 0.29) is 31.0 Å². The molecule has 148 valence electrons. The number of rotatable bonds is 3. The molecule has 3 heterocycles. The van der Waals surface area contributed by atoms with Gasteiger partial charge in [-0.2, -0.15) is 0 Å². The number of benzene rings is 1. The van der Waals surface area contributed by atoms with Crippen LogP contribution in [0.3, 0.4) is 0 Å². The molecule has 0 aliphatic carbocycles. The zero-order valence-corrected chi connectivity index (χ0v) is 16.2. The maximum atomic E-state index is 12.8. The highest BCUT2D eigenvalue weighted by atomic mass is 16.8. The molecule has 3 saturated heterocycles. The fourth-order valence-electron chi connectivity index (χ4n) is 4.08. The molecule has 4 rings (SSSR count). The topological polar surface area (TPSA) is 66.5 Å². The second-order valence-electron chi connectivity index (χ2n) is 8.19. The lowest BCUT2D eigenvalue weighted by Crippen LogP contribution is -2.50. The lowest BCUT2D eigenvalue weighted by atomic mass is 10.1. The first-order chi connectivity index (χ1) is 12.7. The number of carbonyl (C=O) groups excluding carboxylic acids is 1. The Labute approximate surface area is 159 Å². The molecule has 3 fully saturated rings. The molecule has 0 radical (unpaired) electrons. The van der Waals surface area contributed by atoms with Gasteiger partial charge in [0.2, 0.25) is 0 Å². The molecule has 0 unspecified atom stereocenters. The fourth-order valence-corrected chi connectivity index (χ4v) is 4.08. The highest BCUT2D eigenvalue weighted by molar-refractivity contribution is 5.69. The van der Waals surface area contributed by atoms with Gasteiger partial charge >= 0.3 is 6.09 Å². The molecule has 0 bridgehead atoms. The van der Waals surface area contributed by atoms with Gasteiger partial charge < -0.3 is 23.7 Å². The average Bonchev–Trinajstić information content (AvgIpc) is 3.22. The van der Waals surface area contributed by atoms with Crippen molar-refractivity contribution in [2.45, 2.75) is 70.2 Å². The summed E-state index contributed by atoms with van der Waals surface area (Å²) in [5, 5.41) is 0. The van der Waals surface area contributed by atoms with E-state index in [2.05, 4.69) is 0 Å². The van der Waals surface area contributed by atoms with Crippen LogP contribution in [-0.2, 0) is 30.3 Å². The van der Waals surface area contributed by atoms with Crippen LogP contribution in [0.15, 0.2) is 30.3 Å². The van der Waals surface area contributed by atoms with Crippen LogP contribution in [0.5, 0.6) is 0 Å². The molecule has 7 heteroatoms. The minimum Gasteiger partial charge on any atom is -0.445 e. The van der Waals surface area contributed by atoms with Crippen molar-refractivity contribution in [2.24, 2.45) is 0 Å². The van der Waals surface area contributed by atoms with Gasteiger partial charge in [0.25, 0.3) is 0 Å². The molecule has 7 nitrogen and oxygen atoms in total. The van der Waals surface area contributed by atoms with Crippen molar-refractivity contribution in [3.8, 4) is 0 Å². The number of fused-ring (bicyclic) bond motifs is 1. The molecule has 3 aliphatic heterocycles. The summed E-state index contributed by atoms with van der Waals surface area (Å²) < 4.78 is 29.4. The first-order valence-corrected chi connectivity index (χ1v) is 9.39. The fraction of sp³-hybridized carbons (Fsp3) is 0.650. The summed E-state index contributed by atoms with van der Waals surface area (Å²) in [7, 11) is 0. The van der Waals surface area contributed by atoms with Gasteiger partial charge in [-0.15, -0.1) is 0 Å². The number of hydrogen-bond acceptors (Lipinski definition) is 6. The predicted octanol–water partition coefficient (Wildman–Crippen LogP) is 2.68. The molecular formula is C20H27NO6. The molecule has 0 spiro atoms. The average molecular weight is 377 g/mol. The quantitative estimate of drug-likeness (QED) is 0.807. The highest BCUT2D eigenvalue weighted by Gasteiger charge is 2.58. The van der Waals surface area contributed by atoms with Crippen molar-refractivity contribution in [1.29, 1.82) is 0 Å². The maximum absolute atomic E-state index is 12.8. The van der Waals surface area contributed by atoms with E-state index in [1.165, 1.54) is 0 Å². The van der Waals surface area contributed by atoms with Crippen LogP contribution >= 0.6 is 0 Å². The Morgan fingerprint density at radius 2 is 1.78 bits per heavy atom. The number of ether oxygens (including phenoxy) is 5. The van der Waals surface area contributed by atoms with Gasteiger partial charge in [-0.3, -0.25) is 4.90 Å². The summed E-state index contributed by atoms with van der Waals surface area (Å²) in [5.74, 6) is -1.36. The van der Waals surface area contributed by atoms with Crippen molar-refractivity contribution in [3.63, 3.8) is 0 Å². The number of hydrogen-bond donors (Lipinski definition) is 0. The number of amides is 1. The van der Waals surface area contributed by atoms with Gasteiger partial charge in [0.05, 0.1) is 19.2 Å². The van der Waals surface area contributed by atoms with Gasteiger partial charge in [-0.25, -0.2) is 4.79 Å². The summed E-state index contributed by atoms with van der Waals surface area (Å²) in [5.41, 5.74) is 0.942. The molecular weight excluding hydrogens is 350 g/mol. The number of likely N-dealkylation sites (tertiary alicyclic amines) is 1. The lowest BCUT2D eigenvalue weighted by Gasteiger charge is -2.32. The summed E-state index contributed by atoms with van der Waals surface area (Å²) >= 11 is 0. The Bertz CT molecular complexity index is 691. The molecule has 27 heavy (non-hydrogen) atoms.